The van der Waals surface area contributed by atoms with Crippen molar-refractivity contribution in [3.63, 3.8) is 0 Å². The molecule has 1 N–H and O–H groups in total. The van der Waals surface area contributed by atoms with Gasteiger partial charge in [0.05, 0.1) is 11.1 Å². The fraction of sp³-hybridized carbons (Fsp3) is 0.429. The lowest BCUT2D eigenvalue weighted by Gasteiger charge is -2.22. The van der Waals surface area contributed by atoms with Gasteiger partial charge >= 0.3 is 5.97 Å². The molecule has 100 valence electrons. The molecule has 0 bridgehead atoms. The predicted molar refractivity (Wildman–Crippen MR) is 66.5 cm³/mol. The second-order valence-electron chi connectivity index (χ2n) is 5.21. The molecule has 1 aliphatic heterocycles. The number of aliphatic carboxylic acids is 1. The molecular formula is C14H14FNO3. The van der Waals surface area contributed by atoms with E-state index in [4.69, 9.17) is 5.11 Å². The maximum atomic E-state index is 14.0. The summed E-state index contributed by atoms with van der Waals surface area (Å²) in [6.45, 7) is -0.478. The van der Waals surface area contributed by atoms with Crippen molar-refractivity contribution in [3.8, 4) is 0 Å². The van der Waals surface area contributed by atoms with E-state index in [9.17, 15) is 14.0 Å². The van der Waals surface area contributed by atoms with Crippen molar-refractivity contribution in [1.82, 2.24) is 0 Å². The molecule has 0 aromatic heterocycles. The second kappa shape index (κ2) is 4.05. The fourth-order valence-corrected chi connectivity index (χ4v) is 3.40. The molecule has 0 radical (unpaired) electrons. The Balaban J connectivity index is 2.17. The maximum absolute atomic E-state index is 14.0. The van der Waals surface area contributed by atoms with Gasteiger partial charge < -0.3 is 5.11 Å². The maximum Gasteiger partial charge on any atom is 0.323 e. The summed E-state index contributed by atoms with van der Waals surface area (Å²) in [6, 6.07) is 4.62. The summed E-state index contributed by atoms with van der Waals surface area (Å²) in [5.41, 5.74) is 0.139. The summed E-state index contributed by atoms with van der Waals surface area (Å²) in [4.78, 5) is 24.6. The largest absolute Gasteiger partial charge is 0.480 e. The van der Waals surface area contributed by atoms with E-state index < -0.39 is 23.7 Å². The summed E-state index contributed by atoms with van der Waals surface area (Å²) in [6.07, 6.45) is 3.20. The lowest BCUT2D eigenvalue weighted by Crippen LogP contribution is -2.41. The number of carboxylic acid groups (broad SMARTS) is 1. The van der Waals surface area contributed by atoms with Gasteiger partial charge in [-0.1, -0.05) is 25.0 Å². The molecule has 0 unspecified atom stereocenters. The molecular weight excluding hydrogens is 249 g/mol. The predicted octanol–water partition coefficient (Wildman–Crippen LogP) is 2.07. The van der Waals surface area contributed by atoms with Crippen molar-refractivity contribution in [2.45, 2.75) is 31.1 Å². The lowest BCUT2D eigenvalue weighted by atomic mass is 9.80. The Morgan fingerprint density at radius 1 is 1.37 bits per heavy atom. The fourth-order valence-electron chi connectivity index (χ4n) is 3.40. The lowest BCUT2D eigenvalue weighted by molar-refractivity contribution is -0.137. The minimum atomic E-state index is -1.13. The summed E-state index contributed by atoms with van der Waals surface area (Å²) in [7, 11) is 0. The third-order valence-corrected chi connectivity index (χ3v) is 4.18. The Hall–Kier alpha value is -1.91. The summed E-state index contributed by atoms with van der Waals surface area (Å²) in [5, 5.41) is 8.92. The van der Waals surface area contributed by atoms with Gasteiger partial charge in [-0.3, -0.25) is 14.5 Å². The number of fused-ring (bicyclic) bond motifs is 2. The highest BCUT2D eigenvalue weighted by atomic mass is 19.1. The number of nitrogens with zero attached hydrogens (tertiary/aromatic N) is 1. The summed E-state index contributed by atoms with van der Waals surface area (Å²) >= 11 is 0. The first-order valence-corrected chi connectivity index (χ1v) is 6.39. The van der Waals surface area contributed by atoms with Gasteiger partial charge in [0.1, 0.15) is 12.4 Å². The van der Waals surface area contributed by atoms with Crippen molar-refractivity contribution in [1.29, 1.82) is 0 Å². The molecule has 3 rings (SSSR count). The van der Waals surface area contributed by atoms with Gasteiger partial charge in [-0.25, -0.2) is 4.39 Å². The van der Waals surface area contributed by atoms with Crippen LogP contribution in [-0.2, 0) is 15.0 Å². The number of carbonyl (C=O) groups excluding carboxylic acids is 1. The zero-order chi connectivity index (χ0) is 13.6. The number of carbonyl (C=O) groups is 2. The van der Waals surface area contributed by atoms with Crippen molar-refractivity contribution in [3.05, 3.63) is 29.6 Å². The average molecular weight is 263 g/mol. The second-order valence-corrected chi connectivity index (χ2v) is 5.21. The van der Waals surface area contributed by atoms with Crippen LogP contribution in [0.5, 0.6) is 0 Å². The number of benzene rings is 1. The summed E-state index contributed by atoms with van der Waals surface area (Å²) < 4.78 is 14.0. The van der Waals surface area contributed by atoms with E-state index in [-0.39, 0.29) is 11.6 Å². The Bertz CT molecular complexity index is 564. The standard InChI is InChI=1S/C14H14FNO3/c15-10-5-3-4-9-12(10)16(8-11(17)18)13(19)14(9)6-1-2-7-14/h3-5H,1-2,6-8H2,(H,17,18). The number of hydrogen-bond donors (Lipinski definition) is 1. The Kier molecular flexibility index (Phi) is 2.59. The van der Waals surface area contributed by atoms with Crippen LogP contribution in [0.2, 0.25) is 0 Å². The zero-order valence-electron chi connectivity index (χ0n) is 10.4. The SMILES string of the molecule is O=C(O)CN1C(=O)C2(CCCC2)c2cccc(F)c21. The van der Waals surface area contributed by atoms with Gasteiger partial charge in [-0.05, 0) is 24.5 Å². The highest BCUT2D eigenvalue weighted by Gasteiger charge is 2.53. The van der Waals surface area contributed by atoms with Gasteiger partial charge in [0, 0.05) is 0 Å². The molecule has 19 heavy (non-hydrogen) atoms. The molecule has 2 aliphatic rings. The zero-order valence-corrected chi connectivity index (χ0v) is 10.4. The van der Waals surface area contributed by atoms with Crippen molar-refractivity contribution in [2.24, 2.45) is 0 Å². The van der Waals surface area contributed by atoms with E-state index in [0.29, 0.717) is 18.4 Å². The van der Waals surface area contributed by atoms with Gasteiger partial charge in [-0.15, -0.1) is 0 Å². The third-order valence-electron chi connectivity index (χ3n) is 4.18. The molecule has 5 heteroatoms. The van der Waals surface area contributed by atoms with Crippen LogP contribution in [0, 0.1) is 5.82 Å². The van der Waals surface area contributed by atoms with E-state index in [1.807, 2.05) is 0 Å². The molecule has 1 spiro atoms. The summed E-state index contributed by atoms with van der Waals surface area (Å²) in [5.74, 6) is -1.90. The number of rotatable bonds is 2. The van der Waals surface area contributed by atoms with Gasteiger partial charge in [0.2, 0.25) is 5.91 Å². The van der Waals surface area contributed by atoms with Gasteiger partial charge in [0.15, 0.2) is 0 Å². The monoisotopic (exact) mass is 263 g/mol. The van der Waals surface area contributed by atoms with Crippen molar-refractivity contribution >= 4 is 17.6 Å². The number of anilines is 1. The normalized spacial score (nSPS) is 20.1. The molecule has 1 heterocycles. The number of para-hydroxylation sites is 1. The average Bonchev–Trinajstić information content (AvgIpc) is 2.92. The van der Waals surface area contributed by atoms with Gasteiger partial charge in [0.25, 0.3) is 0 Å². The smallest absolute Gasteiger partial charge is 0.323 e. The molecule has 4 nitrogen and oxygen atoms in total. The van der Waals surface area contributed by atoms with Crippen LogP contribution in [-0.4, -0.2) is 23.5 Å². The van der Waals surface area contributed by atoms with E-state index in [1.165, 1.54) is 6.07 Å². The van der Waals surface area contributed by atoms with E-state index >= 15 is 0 Å². The molecule has 1 aliphatic carbocycles. The topological polar surface area (TPSA) is 57.6 Å². The van der Waals surface area contributed by atoms with E-state index in [1.54, 1.807) is 12.1 Å². The van der Waals surface area contributed by atoms with Crippen LogP contribution in [0.25, 0.3) is 0 Å². The number of hydrogen-bond acceptors (Lipinski definition) is 2. The number of halogens is 1. The van der Waals surface area contributed by atoms with Gasteiger partial charge in [-0.2, -0.15) is 0 Å². The number of carboxylic acids is 1. The van der Waals surface area contributed by atoms with Crippen molar-refractivity contribution in [2.75, 3.05) is 11.4 Å². The number of amides is 1. The van der Waals surface area contributed by atoms with Crippen LogP contribution in [0.3, 0.4) is 0 Å². The van der Waals surface area contributed by atoms with Crippen molar-refractivity contribution < 1.29 is 19.1 Å². The third kappa shape index (κ3) is 1.57. The first kappa shape index (κ1) is 12.1. The van der Waals surface area contributed by atoms with Crippen LogP contribution in [0.1, 0.15) is 31.2 Å². The molecule has 1 aromatic carbocycles. The first-order chi connectivity index (χ1) is 9.06. The first-order valence-electron chi connectivity index (χ1n) is 6.39. The molecule has 1 aromatic rings. The Morgan fingerprint density at radius 2 is 2.05 bits per heavy atom. The highest BCUT2D eigenvalue weighted by molar-refractivity contribution is 6.10. The van der Waals surface area contributed by atoms with Crippen LogP contribution >= 0.6 is 0 Å². The van der Waals surface area contributed by atoms with E-state index in [0.717, 1.165) is 17.7 Å². The molecule has 1 fully saturated rings. The van der Waals surface area contributed by atoms with Crippen LogP contribution in [0.15, 0.2) is 18.2 Å². The van der Waals surface area contributed by atoms with E-state index in [2.05, 4.69) is 0 Å². The molecule has 0 saturated heterocycles. The Morgan fingerprint density at radius 3 is 2.68 bits per heavy atom. The minimum absolute atomic E-state index is 0.164. The quantitative estimate of drug-likeness (QED) is 0.888. The van der Waals surface area contributed by atoms with Crippen LogP contribution < -0.4 is 4.90 Å². The molecule has 1 saturated carbocycles. The minimum Gasteiger partial charge on any atom is -0.480 e. The van der Waals surface area contributed by atoms with Crippen LogP contribution in [0.4, 0.5) is 10.1 Å². The highest BCUT2D eigenvalue weighted by Crippen LogP contribution is 2.51. The molecule has 0 atom stereocenters. The Labute approximate surface area is 109 Å². The molecule has 1 amide bonds.